The van der Waals surface area contributed by atoms with Gasteiger partial charge in [0.05, 0.1) is 5.41 Å². The third-order valence-corrected chi connectivity index (χ3v) is 3.73. The zero-order valence-electron chi connectivity index (χ0n) is 12.0. The average molecular weight is 277 g/mol. The van der Waals surface area contributed by atoms with Gasteiger partial charge in [-0.2, -0.15) is 0 Å². The summed E-state index contributed by atoms with van der Waals surface area (Å²) in [6.07, 6.45) is 2.08. The van der Waals surface area contributed by atoms with Gasteiger partial charge in [0, 0.05) is 38.9 Å². The lowest BCUT2D eigenvalue weighted by Gasteiger charge is -2.20. The molecule has 1 N–H and O–H groups in total. The maximum Gasteiger partial charge on any atom is 0.311 e. The molecule has 0 aliphatic carbocycles. The number of hydrogen-bond donors (Lipinski definition) is 1. The molecular weight excluding hydrogens is 258 g/mol. The van der Waals surface area contributed by atoms with Gasteiger partial charge in [0.1, 0.15) is 5.82 Å². The lowest BCUT2D eigenvalue weighted by Crippen LogP contribution is -2.34. The Morgan fingerprint density at radius 1 is 1.45 bits per heavy atom. The van der Waals surface area contributed by atoms with Crippen LogP contribution in [-0.4, -0.2) is 54.1 Å². The van der Waals surface area contributed by atoms with Gasteiger partial charge in [-0.3, -0.25) is 9.59 Å². The third kappa shape index (κ3) is 2.59. The van der Waals surface area contributed by atoms with Crippen molar-refractivity contribution in [1.29, 1.82) is 0 Å². The predicted octanol–water partition coefficient (Wildman–Crippen LogP) is 1.08. The van der Waals surface area contributed by atoms with Crippen molar-refractivity contribution >= 4 is 17.7 Å². The summed E-state index contributed by atoms with van der Waals surface area (Å²) in [7, 11) is 3.71. The Balaban J connectivity index is 2.17. The van der Waals surface area contributed by atoms with Gasteiger partial charge in [0.15, 0.2) is 0 Å². The van der Waals surface area contributed by atoms with Crippen LogP contribution in [0.4, 0.5) is 5.82 Å². The number of likely N-dealkylation sites (tertiary alicyclic amines) is 1. The van der Waals surface area contributed by atoms with Gasteiger partial charge in [-0.1, -0.05) is 0 Å². The van der Waals surface area contributed by atoms with Crippen molar-refractivity contribution < 1.29 is 14.7 Å². The van der Waals surface area contributed by atoms with Gasteiger partial charge in [-0.05, 0) is 25.5 Å². The molecule has 0 aromatic carbocycles. The largest absolute Gasteiger partial charge is 0.481 e. The van der Waals surface area contributed by atoms with Crippen LogP contribution in [0.15, 0.2) is 18.3 Å². The van der Waals surface area contributed by atoms with Crippen molar-refractivity contribution in [3.8, 4) is 0 Å². The van der Waals surface area contributed by atoms with Crippen LogP contribution in [0.25, 0.3) is 0 Å². The highest BCUT2D eigenvalue weighted by molar-refractivity contribution is 5.95. The summed E-state index contributed by atoms with van der Waals surface area (Å²) in [5, 5.41) is 9.20. The summed E-state index contributed by atoms with van der Waals surface area (Å²) >= 11 is 0. The highest BCUT2D eigenvalue weighted by atomic mass is 16.4. The van der Waals surface area contributed by atoms with E-state index in [1.54, 1.807) is 30.2 Å². The fourth-order valence-electron chi connectivity index (χ4n) is 2.29. The number of carboxylic acids is 1. The summed E-state index contributed by atoms with van der Waals surface area (Å²) in [6.45, 7) is 2.41. The minimum atomic E-state index is -0.850. The Kier molecular flexibility index (Phi) is 3.65. The molecule has 0 bridgehead atoms. The molecule has 1 aliphatic rings. The topological polar surface area (TPSA) is 73.7 Å². The van der Waals surface area contributed by atoms with E-state index in [1.165, 1.54) is 0 Å². The second-order valence-corrected chi connectivity index (χ2v) is 5.64. The number of rotatable bonds is 3. The van der Waals surface area contributed by atoms with Crippen molar-refractivity contribution in [2.45, 2.75) is 13.3 Å². The smallest absolute Gasteiger partial charge is 0.311 e. The van der Waals surface area contributed by atoms with Crippen molar-refractivity contribution in [2.24, 2.45) is 5.41 Å². The van der Waals surface area contributed by atoms with E-state index < -0.39 is 11.4 Å². The molecule has 1 aromatic heterocycles. The van der Waals surface area contributed by atoms with E-state index in [-0.39, 0.29) is 12.5 Å². The Bertz CT molecular complexity index is 544. The molecule has 20 heavy (non-hydrogen) atoms. The highest BCUT2D eigenvalue weighted by Crippen LogP contribution is 2.31. The monoisotopic (exact) mass is 277 g/mol. The number of carbonyl (C=O) groups is 2. The average Bonchev–Trinajstić information content (AvgIpc) is 2.82. The molecular formula is C14H19N3O3. The minimum Gasteiger partial charge on any atom is -0.481 e. The standard InChI is InChI=1S/C14H19N3O3/c1-14(13(19)20)5-7-17(9-14)12(18)10-4-6-15-11(8-10)16(2)3/h4,6,8H,5,7,9H2,1-3H3,(H,19,20). The van der Waals surface area contributed by atoms with Crippen molar-refractivity contribution in [1.82, 2.24) is 9.88 Å². The molecule has 2 heterocycles. The SMILES string of the molecule is CN(C)c1cc(C(=O)N2CCC(C)(C(=O)O)C2)ccn1. The van der Waals surface area contributed by atoms with Gasteiger partial charge >= 0.3 is 5.97 Å². The number of carboxylic acid groups (broad SMARTS) is 1. The van der Waals surface area contributed by atoms with Gasteiger partial charge < -0.3 is 14.9 Å². The molecule has 6 heteroatoms. The molecule has 1 fully saturated rings. The molecule has 108 valence electrons. The normalized spacial score (nSPS) is 21.9. The number of pyridine rings is 1. The van der Waals surface area contributed by atoms with Crippen LogP contribution in [0.1, 0.15) is 23.7 Å². The molecule has 1 atom stereocenters. The third-order valence-electron chi connectivity index (χ3n) is 3.73. The molecule has 1 saturated heterocycles. The number of nitrogens with zero attached hydrogens (tertiary/aromatic N) is 3. The van der Waals surface area contributed by atoms with E-state index in [0.29, 0.717) is 24.3 Å². The maximum atomic E-state index is 12.4. The van der Waals surface area contributed by atoms with Crippen molar-refractivity contribution in [2.75, 3.05) is 32.1 Å². The second-order valence-electron chi connectivity index (χ2n) is 5.64. The first kappa shape index (κ1) is 14.3. The van der Waals surface area contributed by atoms with Crippen LogP contribution >= 0.6 is 0 Å². The summed E-state index contributed by atoms with van der Waals surface area (Å²) in [5.41, 5.74) is -0.300. The quantitative estimate of drug-likeness (QED) is 0.895. The first-order valence-corrected chi connectivity index (χ1v) is 6.49. The number of aromatic nitrogens is 1. The summed E-state index contributed by atoms with van der Waals surface area (Å²) in [6, 6.07) is 3.38. The zero-order chi connectivity index (χ0) is 14.9. The molecule has 0 spiro atoms. The molecule has 1 amide bonds. The fraction of sp³-hybridized carbons (Fsp3) is 0.500. The van der Waals surface area contributed by atoms with Crippen LogP contribution in [0.2, 0.25) is 0 Å². The van der Waals surface area contributed by atoms with Gasteiger partial charge in [0.2, 0.25) is 0 Å². The number of aliphatic carboxylic acids is 1. The van der Waals surface area contributed by atoms with Crippen molar-refractivity contribution in [3.05, 3.63) is 23.9 Å². The van der Waals surface area contributed by atoms with Crippen LogP contribution in [-0.2, 0) is 4.79 Å². The molecule has 2 rings (SSSR count). The van der Waals surface area contributed by atoms with Gasteiger partial charge in [-0.25, -0.2) is 4.98 Å². The number of amides is 1. The maximum absolute atomic E-state index is 12.4. The van der Waals surface area contributed by atoms with E-state index >= 15 is 0 Å². The summed E-state index contributed by atoms with van der Waals surface area (Å²) in [5.74, 6) is -0.284. The lowest BCUT2D eigenvalue weighted by molar-refractivity contribution is -0.147. The van der Waals surface area contributed by atoms with Crippen LogP contribution in [0, 0.1) is 5.41 Å². The van der Waals surface area contributed by atoms with Crippen LogP contribution < -0.4 is 4.90 Å². The Hall–Kier alpha value is -2.11. The Labute approximate surface area is 118 Å². The lowest BCUT2D eigenvalue weighted by atomic mass is 9.90. The predicted molar refractivity (Wildman–Crippen MR) is 74.8 cm³/mol. The Morgan fingerprint density at radius 3 is 2.70 bits per heavy atom. The number of carbonyl (C=O) groups excluding carboxylic acids is 1. The molecule has 0 radical (unpaired) electrons. The molecule has 0 saturated carbocycles. The van der Waals surface area contributed by atoms with Crippen LogP contribution in [0.3, 0.4) is 0 Å². The molecule has 1 aliphatic heterocycles. The van der Waals surface area contributed by atoms with E-state index in [2.05, 4.69) is 4.98 Å². The zero-order valence-corrected chi connectivity index (χ0v) is 12.0. The highest BCUT2D eigenvalue weighted by Gasteiger charge is 2.42. The minimum absolute atomic E-state index is 0.138. The van der Waals surface area contributed by atoms with Gasteiger partial charge in [-0.15, -0.1) is 0 Å². The van der Waals surface area contributed by atoms with Crippen LogP contribution in [0.5, 0.6) is 0 Å². The molecule has 1 unspecified atom stereocenters. The number of anilines is 1. The first-order valence-electron chi connectivity index (χ1n) is 6.49. The summed E-state index contributed by atoms with van der Waals surface area (Å²) < 4.78 is 0. The van der Waals surface area contributed by atoms with E-state index in [9.17, 15) is 14.7 Å². The van der Waals surface area contributed by atoms with E-state index in [4.69, 9.17) is 0 Å². The molecule has 1 aromatic rings. The van der Waals surface area contributed by atoms with E-state index in [0.717, 1.165) is 0 Å². The Morgan fingerprint density at radius 2 is 2.15 bits per heavy atom. The van der Waals surface area contributed by atoms with E-state index in [1.807, 2.05) is 19.0 Å². The number of hydrogen-bond acceptors (Lipinski definition) is 4. The fourth-order valence-corrected chi connectivity index (χ4v) is 2.29. The van der Waals surface area contributed by atoms with Crippen molar-refractivity contribution in [3.63, 3.8) is 0 Å². The van der Waals surface area contributed by atoms with Gasteiger partial charge in [0.25, 0.3) is 5.91 Å². The first-order chi connectivity index (χ1) is 9.33. The molecule has 6 nitrogen and oxygen atoms in total. The second kappa shape index (κ2) is 5.11. The summed E-state index contributed by atoms with van der Waals surface area (Å²) in [4.78, 5) is 31.2.